The highest BCUT2D eigenvalue weighted by Crippen LogP contribution is 2.38. The van der Waals surface area contributed by atoms with E-state index in [0.717, 1.165) is 11.3 Å². The largest absolute Gasteiger partial charge is 0.477 e. The van der Waals surface area contributed by atoms with Crippen LogP contribution >= 0.6 is 11.3 Å². The second kappa shape index (κ2) is 4.04. The molecule has 1 aromatic heterocycles. The van der Waals surface area contributed by atoms with Gasteiger partial charge in [0.1, 0.15) is 10.5 Å². The van der Waals surface area contributed by atoms with Crippen molar-refractivity contribution in [3.05, 3.63) is 15.8 Å². The highest BCUT2D eigenvalue weighted by atomic mass is 32.1. The van der Waals surface area contributed by atoms with Crippen molar-refractivity contribution in [3.8, 4) is 0 Å². The highest BCUT2D eigenvalue weighted by Gasteiger charge is 2.34. The summed E-state index contributed by atoms with van der Waals surface area (Å²) >= 11 is 1.04. The van der Waals surface area contributed by atoms with Crippen molar-refractivity contribution in [2.75, 3.05) is 18.9 Å². The summed E-state index contributed by atoms with van der Waals surface area (Å²) in [6.45, 7) is 0.966. The molecule has 5 nitrogen and oxygen atoms in total. The average molecular weight is 243 g/mol. The minimum absolute atomic E-state index is 0.0925. The van der Waals surface area contributed by atoms with Gasteiger partial charge in [0.2, 0.25) is 0 Å². The number of nitrogens with two attached hydrogens (primary N) is 1. The molecule has 16 heavy (non-hydrogen) atoms. The van der Waals surface area contributed by atoms with Gasteiger partial charge in [0.05, 0.1) is 5.69 Å². The average Bonchev–Trinajstić information content (AvgIpc) is 2.62. The molecule has 2 rings (SSSR count). The van der Waals surface area contributed by atoms with Gasteiger partial charge in [-0.2, -0.15) is 0 Å². The van der Waals surface area contributed by atoms with Gasteiger partial charge in [-0.15, -0.1) is 11.3 Å². The molecule has 6 heteroatoms. The van der Waals surface area contributed by atoms with E-state index in [9.17, 15) is 9.90 Å². The Labute approximate surface area is 96.5 Å². The molecule has 88 valence electrons. The molecule has 0 saturated carbocycles. The van der Waals surface area contributed by atoms with Crippen molar-refractivity contribution in [3.63, 3.8) is 0 Å². The fraction of sp³-hybridized carbons (Fsp3) is 0.500. The maximum Gasteiger partial charge on any atom is 0.348 e. The number of hydrogen-bond donors (Lipinski definition) is 3. The molecule has 1 aliphatic rings. The minimum Gasteiger partial charge on any atom is -0.477 e. The Kier molecular flexibility index (Phi) is 2.88. The molecule has 0 bridgehead atoms. The molecule has 1 saturated heterocycles. The summed E-state index contributed by atoms with van der Waals surface area (Å²) < 4.78 is 5.17. The second-order valence-electron chi connectivity index (χ2n) is 3.84. The SMILES string of the molecule is Nc1cc(C2(O)CCOCC2)sc1C(=O)O. The Balaban J connectivity index is 2.33. The molecular weight excluding hydrogens is 230 g/mol. The molecule has 1 aromatic rings. The van der Waals surface area contributed by atoms with Crippen LogP contribution in [-0.2, 0) is 10.3 Å². The summed E-state index contributed by atoms with van der Waals surface area (Å²) in [7, 11) is 0. The molecule has 0 aliphatic carbocycles. The maximum atomic E-state index is 10.8. The topological polar surface area (TPSA) is 92.8 Å². The van der Waals surface area contributed by atoms with Crippen LogP contribution in [0.3, 0.4) is 0 Å². The summed E-state index contributed by atoms with van der Waals surface area (Å²) in [5.41, 5.74) is 4.83. The first-order valence-electron chi connectivity index (χ1n) is 4.96. The number of carboxylic acids is 1. The van der Waals surface area contributed by atoms with Gasteiger partial charge in [0.15, 0.2) is 0 Å². The Hall–Kier alpha value is -1.11. The zero-order chi connectivity index (χ0) is 11.8. The molecule has 0 atom stereocenters. The predicted molar refractivity (Wildman–Crippen MR) is 59.6 cm³/mol. The van der Waals surface area contributed by atoms with E-state index in [1.807, 2.05) is 0 Å². The zero-order valence-electron chi connectivity index (χ0n) is 8.60. The Morgan fingerprint density at radius 2 is 2.12 bits per heavy atom. The quantitative estimate of drug-likeness (QED) is 0.721. The number of ether oxygens (including phenoxy) is 1. The summed E-state index contributed by atoms with van der Waals surface area (Å²) in [6, 6.07) is 1.56. The summed E-state index contributed by atoms with van der Waals surface area (Å²) in [4.78, 5) is 11.6. The van der Waals surface area contributed by atoms with Crippen molar-refractivity contribution in [1.29, 1.82) is 0 Å². The molecule has 0 unspecified atom stereocenters. The van der Waals surface area contributed by atoms with E-state index in [4.69, 9.17) is 15.6 Å². The molecule has 0 radical (unpaired) electrons. The molecule has 0 amide bonds. The van der Waals surface area contributed by atoms with Crippen LogP contribution in [0, 0.1) is 0 Å². The van der Waals surface area contributed by atoms with Gasteiger partial charge in [-0.05, 0) is 6.07 Å². The van der Waals surface area contributed by atoms with Crippen LogP contribution in [0.5, 0.6) is 0 Å². The van der Waals surface area contributed by atoms with E-state index in [0.29, 0.717) is 30.9 Å². The molecular formula is C10H13NO4S. The van der Waals surface area contributed by atoms with Crippen LogP contribution in [0.25, 0.3) is 0 Å². The Bertz CT molecular complexity index is 409. The van der Waals surface area contributed by atoms with Gasteiger partial charge >= 0.3 is 5.97 Å². The summed E-state index contributed by atoms with van der Waals surface area (Å²) in [5.74, 6) is -1.05. The van der Waals surface area contributed by atoms with Crippen LogP contribution in [0.2, 0.25) is 0 Å². The number of rotatable bonds is 2. The summed E-state index contributed by atoms with van der Waals surface area (Å²) in [6.07, 6.45) is 0.956. The lowest BCUT2D eigenvalue weighted by atomic mass is 9.93. The van der Waals surface area contributed by atoms with Gasteiger partial charge in [-0.25, -0.2) is 4.79 Å². The van der Waals surface area contributed by atoms with Crippen molar-refractivity contribution in [2.24, 2.45) is 0 Å². The van der Waals surface area contributed by atoms with Crippen LogP contribution in [0.1, 0.15) is 27.4 Å². The Morgan fingerprint density at radius 1 is 1.50 bits per heavy atom. The van der Waals surface area contributed by atoms with Crippen molar-refractivity contribution < 1.29 is 19.7 Å². The minimum atomic E-state index is -1.05. The first-order valence-corrected chi connectivity index (χ1v) is 5.78. The molecule has 4 N–H and O–H groups in total. The first kappa shape index (κ1) is 11.4. The number of aromatic carboxylic acids is 1. The summed E-state index contributed by atoms with van der Waals surface area (Å²) in [5, 5.41) is 19.2. The van der Waals surface area contributed by atoms with Gasteiger partial charge in [-0.3, -0.25) is 0 Å². The zero-order valence-corrected chi connectivity index (χ0v) is 9.42. The van der Waals surface area contributed by atoms with Crippen molar-refractivity contribution in [1.82, 2.24) is 0 Å². The third-order valence-corrected chi connectivity index (χ3v) is 4.07. The second-order valence-corrected chi connectivity index (χ2v) is 4.90. The van der Waals surface area contributed by atoms with E-state index < -0.39 is 11.6 Å². The lowest BCUT2D eigenvalue weighted by molar-refractivity contribution is -0.0655. The Morgan fingerprint density at radius 3 is 2.62 bits per heavy atom. The number of aliphatic hydroxyl groups is 1. The first-order chi connectivity index (χ1) is 7.53. The molecule has 1 aliphatic heterocycles. The van der Waals surface area contributed by atoms with Crippen molar-refractivity contribution in [2.45, 2.75) is 18.4 Å². The van der Waals surface area contributed by atoms with Crippen LogP contribution in [0.15, 0.2) is 6.07 Å². The number of nitrogen functional groups attached to an aromatic ring is 1. The lowest BCUT2D eigenvalue weighted by Crippen LogP contribution is -2.32. The van der Waals surface area contributed by atoms with E-state index in [1.165, 1.54) is 0 Å². The van der Waals surface area contributed by atoms with Crippen LogP contribution in [0.4, 0.5) is 5.69 Å². The molecule has 1 fully saturated rings. The number of carboxylic acid groups (broad SMARTS) is 1. The third kappa shape index (κ3) is 1.91. The molecule has 2 heterocycles. The van der Waals surface area contributed by atoms with E-state index in [-0.39, 0.29) is 10.6 Å². The van der Waals surface area contributed by atoms with E-state index in [1.54, 1.807) is 6.07 Å². The normalized spacial score (nSPS) is 19.6. The number of thiophene rings is 1. The van der Waals surface area contributed by atoms with E-state index in [2.05, 4.69) is 0 Å². The van der Waals surface area contributed by atoms with Gasteiger partial charge in [0.25, 0.3) is 0 Å². The highest BCUT2D eigenvalue weighted by molar-refractivity contribution is 7.14. The van der Waals surface area contributed by atoms with Gasteiger partial charge in [-0.1, -0.05) is 0 Å². The molecule has 0 spiro atoms. The predicted octanol–water partition coefficient (Wildman–Crippen LogP) is 1.03. The number of carbonyl (C=O) groups is 1. The van der Waals surface area contributed by atoms with Crippen molar-refractivity contribution >= 4 is 23.0 Å². The van der Waals surface area contributed by atoms with Crippen LogP contribution in [-0.4, -0.2) is 29.4 Å². The fourth-order valence-corrected chi connectivity index (χ4v) is 2.82. The number of hydrogen-bond acceptors (Lipinski definition) is 5. The maximum absolute atomic E-state index is 10.8. The smallest absolute Gasteiger partial charge is 0.348 e. The van der Waals surface area contributed by atoms with Gasteiger partial charge in [0, 0.05) is 30.9 Å². The van der Waals surface area contributed by atoms with E-state index >= 15 is 0 Å². The fourth-order valence-electron chi connectivity index (χ4n) is 1.76. The lowest BCUT2D eigenvalue weighted by Gasteiger charge is -2.30. The standard InChI is InChI=1S/C10H13NO4S/c11-6-5-7(16-8(6)9(12)13)10(14)1-3-15-4-2-10/h5,14H,1-4,11H2,(H,12,13). The monoisotopic (exact) mass is 243 g/mol. The number of anilines is 1. The molecule has 0 aromatic carbocycles. The van der Waals surface area contributed by atoms with Gasteiger partial charge < -0.3 is 20.7 Å². The van der Waals surface area contributed by atoms with Crippen LogP contribution < -0.4 is 5.73 Å². The third-order valence-electron chi connectivity index (χ3n) is 2.73.